The molecule has 0 saturated carbocycles. The number of nitrogens with one attached hydrogen (secondary N) is 1. The summed E-state index contributed by atoms with van der Waals surface area (Å²) >= 11 is 0. The molecule has 2 nitrogen and oxygen atoms in total. The van der Waals surface area contributed by atoms with Gasteiger partial charge in [-0.3, -0.25) is 0 Å². The molecule has 0 aromatic heterocycles. The van der Waals surface area contributed by atoms with Gasteiger partial charge in [-0.2, -0.15) is 0 Å². The number of benzene rings is 1. The second-order valence-corrected chi connectivity index (χ2v) is 5.46. The van der Waals surface area contributed by atoms with Gasteiger partial charge in [-0.25, -0.2) is 0 Å². The maximum absolute atomic E-state index is 5.82. The third kappa shape index (κ3) is 4.71. The SMILES string of the molecule is CC(C)Oc1ccccc1CNCCC1=CCCC1. The molecule has 104 valence electrons. The Hall–Kier alpha value is -1.28. The third-order valence-electron chi connectivity index (χ3n) is 3.41. The van der Waals surface area contributed by atoms with Crippen molar-refractivity contribution in [3.05, 3.63) is 41.5 Å². The first-order chi connectivity index (χ1) is 9.25. The highest BCUT2D eigenvalue weighted by Crippen LogP contribution is 2.21. The second kappa shape index (κ2) is 7.34. The van der Waals surface area contributed by atoms with Crippen LogP contribution in [0.1, 0.15) is 45.1 Å². The van der Waals surface area contributed by atoms with Gasteiger partial charge in [0.15, 0.2) is 0 Å². The van der Waals surface area contributed by atoms with Crippen LogP contribution in [0.4, 0.5) is 0 Å². The van der Waals surface area contributed by atoms with Crippen LogP contribution in [0.15, 0.2) is 35.9 Å². The Morgan fingerprint density at radius 2 is 2.11 bits per heavy atom. The average Bonchev–Trinajstić information content (AvgIpc) is 2.89. The molecular weight excluding hydrogens is 234 g/mol. The summed E-state index contributed by atoms with van der Waals surface area (Å²) in [5.41, 5.74) is 2.87. The molecule has 0 spiro atoms. The van der Waals surface area contributed by atoms with Crippen molar-refractivity contribution in [1.29, 1.82) is 0 Å². The van der Waals surface area contributed by atoms with E-state index in [0.717, 1.165) is 18.8 Å². The second-order valence-electron chi connectivity index (χ2n) is 5.46. The molecule has 19 heavy (non-hydrogen) atoms. The van der Waals surface area contributed by atoms with Crippen LogP contribution in [0.2, 0.25) is 0 Å². The quantitative estimate of drug-likeness (QED) is 0.589. The fourth-order valence-electron chi connectivity index (χ4n) is 2.46. The monoisotopic (exact) mass is 259 g/mol. The van der Waals surface area contributed by atoms with Crippen LogP contribution in [-0.4, -0.2) is 12.6 Å². The van der Waals surface area contributed by atoms with Gasteiger partial charge >= 0.3 is 0 Å². The third-order valence-corrected chi connectivity index (χ3v) is 3.41. The summed E-state index contributed by atoms with van der Waals surface area (Å²) in [6.07, 6.45) is 7.74. The number of hydrogen-bond donors (Lipinski definition) is 1. The fourth-order valence-corrected chi connectivity index (χ4v) is 2.46. The van der Waals surface area contributed by atoms with Crippen LogP contribution < -0.4 is 10.1 Å². The lowest BCUT2D eigenvalue weighted by atomic mass is 10.1. The van der Waals surface area contributed by atoms with Crippen LogP contribution in [0.25, 0.3) is 0 Å². The van der Waals surface area contributed by atoms with Gasteiger partial charge in [0.1, 0.15) is 5.75 Å². The molecule has 1 N–H and O–H groups in total. The summed E-state index contributed by atoms with van der Waals surface area (Å²) in [5.74, 6) is 1.00. The van der Waals surface area contributed by atoms with E-state index in [1.807, 2.05) is 6.07 Å². The van der Waals surface area contributed by atoms with Crippen molar-refractivity contribution in [2.24, 2.45) is 0 Å². The van der Waals surface area contributed by atoms with E-state index in [-0.39, 0.29) is 6.10 Å². The molecule has 0 saturated heterocycles. The van der Waals surface area contributed by atoms with E-state index in [1.165, 1.54) is 31.2 Å². The summed E-state index contributed by atoms with van der Waals surface area (Å²) in [5, 5.41) is 3.52. The van der Waals surface area contributed by atoms with Gasteiger partial charge in [-0.05, 0) is 52.1 Å². The van der Waals surface area contributed by atoms with Crippen molar-refractivity contribution in [2.45, 2.75) is 52.2 Å². The van der Waals surface area contributed by atoms with Crippen molar-refractivity contribution < 1.29 is 4.74 Å². The van der Waals surface area contributed by atoms with Crippen LogP contribution in [0.5, 0.6) is 5.75 Å². The normalized spacial score (nSPS) is 14.8. The standard InChI is InChI=1S/C17H25NO/c1-14(2)19-17-10-6-5-9-16(17)13-18-12-11-15-7-3-4-8-15/h5-7,9-10,14,18H,3-4,8,11-13H2,1-2H3. The van der Waals surface area contributed by atoms with Crippen molar-refractivity contribution in [3.8, 4) is 5.75 Å². The molecule has 1 aliphatic rings. The highest BCUT2D eigenvalue weighted by Gasteiger charge is 2.06. The number of rotatable bonds is 7. The Morgan fingerprint density at radius 3 is 2.84 bits per heavy atom. The Kier molecular flexibility index (Phi) is 5.46. The van der Waals surface area contributed by atoms with Crippen molar-refractivity contribution >= 4 is 0 Å². The molecule has 0 aliphatic heterocycles. The van der Waals surface area contributed by atoms with Crippen molar-refractivity contribution in [1.82, 2.24) is 5.32 Å². The molecule has 0 bridgehead atoms. The molecule has 1 aliphatic carbocycles. The van der Waals surface area contributed by atoms with Crippen LogP contribution in [-0.2, 0) is 6.54 Å². The molecule has 1 aromatic rings. The minimum Gasteiger partial charge on any atom is -0.491 e. The zero-order chi connectivity index (χ0) is 13.5. The first kappa shape index (κ1) is 14.1. The largest absolute Gasteiger partial charge is 0.491 e. The molecule has 2 heteroatoms. The topological polar surface area (TPSA) is 21.3 Å². The van der Waals surface area contributed by atoms with Crippen molar-refractivity contribution in [2.75, 3.05) is 6.54 Å². The zero-order valence-electron chi connectivity index (χ0n) is 12.1. The minimum absolute atomic E-state index is 0.227. The zero-order valence-corrected chi connectivity index (χ0v) is 12.1. The number of hydrogen-bond acceptors (Lipinski definition) is 2. The summed E-state index contributed by atoms with van der Waals surface area (Å²) in [4.78, 5) is 0. The number of allylic oxidation sites excluding steroid dienone is 1. The highest BCUT2D eigenvalue weighted by atomic mass is 16.5. The predicted octanol–water partition coefficient (Wildman–Crippen LogP) is 4.06. The number of para-hydroxylation sites is 1. The van der Waals surface area contributed by atoms with Gasteiger partial charge in [0.2, 0.25) is 0 Å². The van der Waals surface area contributed by atoms with Gasteiger partial charge in [0.05, 0.1) is 6.10 Å². The molecule has 0 amide bonds. The molecular formula is C17H25NO. The maximum atomic E-state index is 5.82. The molecule has 0 radical (unpaired) electrons. The van der Waals surface area contributed by atoms with Gasteiger partial charge in [-0.15, -0.1) is 0 Å². The Morgan fingerprint density at radius 1 is 1.26 bits per heavy atom. The number of ether oxygens (including phenoxy) is 1. The summed E-state index contributed by atoms with van der Waals surface area (Å²) in [6.45, 7) is 6.07. The summed E-state index contributed by atoms with van der Waals surface area (Å²) in [6, 6.07) is 8.30. The Labute approximate surface area is 116 Å². The Balaban J connectivity index is 1.78. The van der Waals surface area contributed by atoms with Crippen molar-refractivity contribution in [3.63, 3.8) is 0 Å². The van der Waals surface area contributed by atoms with E-state index in [0.29, 0.717) is 0 Å². The highest BCUT2D eigenvalue weighted by molar-refractivity contribution is 5.33. The Bertz CT molecular complexity index is 423. The molecule has 0 fully saturated rings. The molecule has 2 rings (SSSR count). The fraction of sp³-hybridized carbons (Fsp3) is 0.529. The molecule has 0 atom stereocenters. The molecule has 1 aromatic carbocycles. The predicted molar refractivity (Wildman–Crippen MR) is 80.5 cm³/mol. The lowest BCUT2D eigenvalue weighted by molar-refractivity contribution is 0.239. The van der Waals surface area contributed by atoms with Gasteiger partial charge in [-0.1, -0.05) is 29.8 Å². The van der Waals surface area contributed by atoms with Crippen LogP contribution in [0, 0.1) is 0 Å². The van der Waals surface area contributed by atoms with E-state index < -0.39 is 0 Å². The van der Waals surface area contributed by atoms with Gasteiger partial charge in [0, 0.05) is 12.1 Å². The lowest BCUT2D eigenvalue weighted by Crippen LogP contribution is -2.16. The minimum atomic E-state index is 0.227. The van der Waals surface area contributed by atoms with Gasteiger partial charge in [0.25, 0.3) is 0 Å². The van der Waals surface area contributed by atoms with Crippen LogP contribution >= 0.6 is 0 Å². The van der Waals surface area contributed by atoms with E-state index in [4.69, 9.17) is 4.74 Å². The van der Waals surface area contributed by atoms with Gasteiger partial charge < -0.3 is 10.1 Å². The maximum Gasteiger partial charge on any atom is 0.124 e. The van der Waals surface area contributed by atoms with E-state index >= 15 is 0 Å². The van der Waals surface area contributed by atoms with E-state index in [2.05, 4.69) is 43.4 Å². The molecule has 0 unspecified atom stereocenters. The lowest BCUT2D eigenvalue weighted by Gasteiger charge is -2.14. The first-order valence-electron chi connectivity index (χ1n) is 7.39. The smallest absolute Gasteiger partial charge is 0.124 e. The summed E-state index contributed by atoms with van der Waals surface area (Å²) < 4.78 is 5.82. The summed E-state index contributed by atoms with van der Waals surface area (Å²) in [7, 11) is 0. The average molecular weight is 259 g/mol. The van der Waals surface area contributed by atoms with E-state index in [1.54, 1.807) is 5.57 Å². The molecule has 0 heterocycles. The first-order valence-corrected chi connectivity index (χ1v) is 7.39. The van der Waals surface area contributed by atoms with E-state index in [9.17, 15) is 0 Å². The van der Waals surface area contributed by atoms with Crippen LogP contribution in [0.3, 0.4) is 0 Å².